The molecular formula is C19H17BrFNO3. The number of fused-ring (bicyclic) bond motifs is 1. The number of hydrogen-bond donors (Lipinski definition) is 1. The molecule has 1 amide bonds. The van der Waals surface area contributed by atoms with E-state index in [0.717, 1.165) is 16.5 Å². The van der Waals surface area contributed by atoms with E-state index >= 15 is 0 Å². The van der Waals surface area contributed by atoms with E-state index in [2.05, 4.69) is 21.2 Å². The van der Waals surface area contributed by atoms with Crippen molar-refractivity contribution in [2.24, 2.45) is 0 Å². The number of nitrogens with one attached hydrogen (secondary N) is 1. The molecule has 0 saturated heterocycles. The number of anilines is 1. The Kier molecular flexibility index (Phi) is 4.15. The third-order valence-electron chi connectivity index (χ3n) is 4.90. The van der Waals surface area contributed by atoms with Crippen LogP contribution in [0.5, 0.6) is 11.5 Å². The van der Waals surface area contributed by atoms with Gasteiger partial charge < -0.3 is 14.8 Å². The van der Waals surface area contributed by atoms with Gasteiger partial charge in [-0.3, -0.25) is 4.79 Å². The molecule has 1 heterocycles. The van der Waals surface area contributed by atoms with Crippen LogP contribution in [0, 0.1) is 5.82 Å². The van der Waals surface area contributed by atoms with E-state index in [1.807, 2.05) is 6.07 Å². The third-order valence-corrected chi connectivity index (χ3v) is 5.56. The summed E-state index contributed by atoms with van der Waals surface area (Å²) in [4.78, 5) is 13.0. The average molecular weight is 406 g/mol. The summed E-state index contributed by atoms with van der Waals surface area (Å²) in [7, 11) is 0. The highest BCUT2D eigenvalue weighted by Gasteiger charge is 2.46. The summed E-state index contributed by atoms with van der Waals surface area (Å²) in [5.41, 5.74) is 0.677. The Balaban J connectivity index is 1.63. The first kappa shape index (κ1) is 16.4. The van der Waals surface area contributed by atoms with E-state index in [0.29, 0.717) is 43.2 Å². The highest BCUT2D eigenvalue weighted by atomic mass is 79.9. The second kappa shape index (κ2) is 6.33. The van der Waals surface area contributed by atoms with Gasteiger partial charge in [-0.25, -0.2) is 4.39 Å². The smallest absolute Gasteiger partial charge is 0.235 e. The van der Waals surface area contributed by atoms with E-state index in [1.165, 1.54) is 12.1 Å². The van der Waals surface area contributed by atoms with Gasteiger partial charge in [0.05, 0.1) is 11.1 Å². The van der Waals surface area contributed by atoms with Crippen molar-refractivity contribution in [1.82, 2.24) is 0 Å². The number of carbonyl (C=O) groups is 1. The molecule has 4 rings (SSSR count). The number of ether oxygens (including phenoxy) is 2. The van der Waals surface area contributed by atoms with Crippen LogP contribution in [0.15, 0.2) is 40.9 Å². The lowest BCUT2D eigenvalue weighted by molar-refractivity contribution is -0.124. The van der Waals surface area contributed by atoms with Crippen LogP contribution in [0.4, 0.5) is 10.1 Å². The van der Waals surface area contributed by atoms with Gasteiger partial charge >= 0.3 is 0 Å². The minimum atomic E-state index is -0.672. The van der Waals surface area contributed by atoms with Gasteiger partial charge in [0.1, 0.15) is 19.0 Å². The number of rotatable bonds is 3. The summed E-state index contributed by atoms with van der Waals surface area (Å²) in [6.45, 7) is 0.989. The van der Waals surface area contributed by atoms with Crippen molar-refractivity contribution < 1.29 is 18.7 Å². The van der Waals surface area contributed by atoms with Crippen molar-refractivity contribution in [3.8, 4) is 11.5 Å². The quantitative estimate of drug-likeness (QED) is 0.821. The topological polar surface area (TPSA) is 47.6 Å². The molecule has 0 radical (unpaired) electrons. The van der Waals surface area contributed by atoms with Crippen molar-refractivity contribution >= 4 is 27.5 Å². The van der Waals surface area contributed by atoms with E-state index in [9.17, 15) is 9.18 Å². The number of benzene rings is 2. The molecule has 0 unspecified atom stereocenters. The van der Waals surface area contributed by atoms with Gasteiger partial charge in [-0.1, -0.05) is 18.6 Å². The Morgan fingerprint density at radius 1 is 1.12 bits per heavy atom. The number of amides is 1. The summed E-state index contributed by atoms with van der Waals surface area (Å²) >= 11 is 3.47. The summed E-state index contributed by atoms with van der Waals surface area (Å²) in [5.74, 6) is 0.816. The zero-order chi connectivity index (χ0) is 17.4. The van der Waals surface area contributed by atoms with Crippen molar-refractivity contribution in [3.05, 3.63) is 52.3 Å². The van der Waals surface area contributed by atoms with Gasteiger partial charge in [0, 0.05) is 16.6 Å². The molecule has 4 nitrogen and oxygen atoms in total. The molecule has 1 aliphatic heterocycles. The molecule has 130 valence electrons. The molecule has 25 heavy (non-hydrogen) atoms. The molecule has 0 spiro atoms. The fourth-order valence-corrected chi connectivity index (χ4v) is 3.79. The average Bonchev–Trinajstić information content (AvgIpc) is 2.54. The first-order valence-corrected chi connectivity index (χ1v) is 9.04. The van der Waals surface area contributed by atoms with Crippen molar-refractivity contribution in [1.29, 1.82) is 0 Å². The molecule has 0 atom stereocenters. The van der Waals surface area contributed by atoms with Crippen LogP contribution < -0.4 is 14.8 Å². The molecular weight excluding hydrogens is 389 g/mol. The molecule has 2 aliphatic rings. The second-order valence-electron chi connectivity index (χ2n) is 6.38. The molecule has 6 heteroatoms. The molecule has 1 fully saturated rings. The molecule has 2 aromatic carbocycles. The second-order valence-corrected chi connectivity index (χ2v) is 7.23. The van der Waals surface area contributed by atoms with E-state index in [-0.39, 0.29) is 11.7 Å². The van der Waals surface area contributed by atoms with Crippen LogP contribution in [0.2, 0.25) is 0 Å². The van der Waals surface area contributed by atoms with Gasteiger partial charge in [-0.2, -0.15) is 0 Å². The molecule has 0 aromatic heterocycles. The zero-order valence-corrected chi connectivity index (χ0v) is 15.1. The lowest BCUT2D eigenvalue weighted by Crippen LogP contribution is -2.46. The van der Waals surface area contributed by atoms with Crippen LogP contribution in [0.3, 0.4) is 0 Å². The summed E-state index contributed by atoms with van der Waals surface area (Å²) < 4.78 is 25.5. The maximum absolute atomic E-state index is 13.6. The standard InChI is InChI=1S/C19H17BrFNO3/c20-14-10-16-17(25-8-7-24-16)11-15(14)22-18(23)19(5-2-6-19)12-3-1-4-13(21)9-12/h1,3-4,9-11H,2,5-8H2,(H,22,23). The maximum Gasteiger partial charge on any atom is 0.235 e. The Labute approximate surface area is 153 Å². The first-order valence-electron chi connectivity index (χ1n) is 8.25. The summed E-state index contributed by atoms with van der Waals surface area (Å²) in [6, 6.07) is 9.87. The lowest BCUT2D eigenvalue weighted by Gasteiger charge is -2.40. The summed E-state index contributed by atoms with van der Waals surface area (Å²) in [5, 5.41) is 2.98. The van der Waals surface area contributed by atoms with Gasteiger partial charge in [-0.15, -0.1) is 0 Å². The largest absolute Gasteiger partial charge is 0.486 e. The lowest BCUT2D eigenvalue weighted by atomic mass is 9.63. The Morgan fingerprint density at radius 2 is 1.84 bits per heavy atom. The number of carbonyl (C=O) groups excluding carboxylic acids is 1. The zero-order valence-electron chi connectivity index (χ0n) is 13.5. The third kappa shape index (κ3) is 2.88. The molecule has 1 aliphatic carbocycles. The number of hydrogen-bond acceptors (Lipinski definition) is 3. The van der Waals surface area contributed by atoms with Crippen molar-refractivity contribution in [3.63, 3.8) is 0 Å². The highest BCUT2D eigenvalue weighted by Crippen LogP contribution is 2.46. The fourth-order valence-electron chi connectivity index (χ4n) is 3.37. The Morgan fingerprint density at radius 3 is 2.48 bits per heavy atom. The predicted octanol–water partition coefficient (Wildman–Crippen LogP) is 4.42. The van der Waals surface area contributed by atoms with Gasteiger partial charge in [-0.05, 0) is 46.5 Å². The maximum atomic E-state index is 13.6. The van der Waals surface area contributed by atoms with Crippen LogP contribution in [-0.2, 0) is 10.2 Å². The minimum absolute atomic E-state index is 0.123. The van der Waals surface area contributed by atoms with E-state index < -0.39 is 5.41 Å². The highest BCUT2D eigenvalue weighted by molar-refractivity contribution is 9.10. The summed E-state index contributed by atoms with van der Waals surface area (Å²) in [6.07, 6.45) is 2.38. The van der Waals surface area contributed by atoms with Crippen molar-refractivity contribution in [2.75, 3.05) is 18.5 Å². The van der Waals surface area contributed by atoms with Crippen LogP contribution in [-0.4, -0.2) is 19.1 Å². The molecule has 1 saturated carbocycles. The first-order chi connectivity index (χ1) is 12.1. The predicted molar refractivity (Wildman–Crippen MR) is 95.7 cm³/mol. The fraction of sp³-hybridized carbons (Fsp3) is 0.316. The molecule has 2 aromatic rings. The molecule has 1 N–H and O–H groups in total. The Bertz CT molecular complexity index is 835. The SMILES string of the molecule is O=C(Nc1cc2c(cc1Br)OCCO2)C1(c2cccc(F)c2)CCC1. The van der Waals surface area contributed by atoms with Gasteiger partial charge in [0.15, 0.2) is 11.5 Å². The normalized spacial score (nSPS) is 17.5. The van der Waals surface area contributed by atoms with Gasteiger partial charge in [0.2, 0.25) is 5.91 Å². The van der Waals surface area contributed by atoms with Gasteiger partial charge in [0.25, 0.3) is 0 Å². The monoisotopic (exact) mass is 405 g/mol. The molecule has 0 bridgehead atoms. The van der Waals surface area contributed by atoms with E-state index in [4.69, 9.17) is 9.47 Å². The van der Waals surface area contributed by atoms with Crippen LogP contribution in [0.1, 0.15) is 24.8 Å². The minimum Gasteiger partial charge on any atom is -0.486 e. The van der Waals surface area contributed by atoms with Crippen LogP contribution >= 0.6 is 15.9 Å². The number of halogens is 2. The van der Waals surface area contributed by atoms with Crippen LogP contribution in [0.25, 0.3) is 0 Å². The van der Waals surface area contributed by atoms with E-state index in [1.54, 1.807) is 18.2 Å². The Hall–Kier alpha value is -2.08. The van der Waals surface area contributed by atoms with Crippen molar-refractivity contribution in [2.45, 2.75) is 24.7 Å².